The molecule has 0 aliphatic carbocycles. The van der Waals surface area contributed by atoms with Crippen molar-refractivity contribution in [2.24, 2.45) is 7.05 Å². The first kappa shape index (κ1) is 24.4. The average molecular weight is 499 g/mol. The summed E-state index contributed by atoms with van der Waals surface area (Å²) in [7, 11) is 1.76. The molecule has 1 saturated heterocycles. The van der Waals surface area contributed by atoms with Crippen molar-refractivity contribution in [1.29, 1.82) is 5.41 Å². The summed E-state index contributed by atoms with van der Waals surface area (Å²) in [6, 6.07) is 3.64. The Bertz CT molecular complexity index is 1170. The summed E-state index contributed by atoms with van der Waals surface area (Å²) < 4.78 is 35.5. The molecule has 0 radical (unpaired) electrons. The molecule has 3 aliphatic rings. The van der Waals surface area contributed by atoms with Gasteiger partial charge in [0.1, 0.15) is 5.84 Å². The summed E-state index contributed by atoms with van der Waals surface area (Å²) in [5.74, 6) is 0.270. The monoisotopic (exact) mass is 498 g/mol. The molecule has 3 aliphatic heterocycles. The summed E-state index contributed by atoms with van der Waals surface area (Å²) in [5.41, 5.74) is 4.39. The number of rotatable bonds is 6. The highest BCUT2D eigenvalue weighted by atomic mass is 19.3. The Hall–Kier alpha value is -3.27. The fraction of sp³-hybridized carbons (Fsp3) is 0.500. The zero-order valence-electron chi connectivity index (χ0n) is 20.5. The predicted molar refractivity (Wildman–Crippen MR) is 133 cm³/mol. The number of halogens is 2. The Morgan fingerprint density at radius 2 is 2.06 bits per heavy atom. The van der Waals surface area contributed by atoms with Gasteiger partial charge in [0.25, 0.3) is 6.43 Å². The van der Waals surface area contributed by atoms with Gasteiger partial charge >= 0.3 is 0 Å². The van der Waals surface area contributed by atoms with Gasteiger partial charge in [0.05, 0.1) is 12.7 Å². The molecule has 2 N–H and O–H groups in total. The number of carbonyl (C=O) groups excluding carboxylic acids is 1. The van der Waals surface area contributed by atoms with E-state index in [-0.39, 0.29) is 17.4 Å². The third kappa shape index (κ3) is 4.86. The normalized spacial score (nSPS) is 19.0. The van der Waals surface area contributed by atoms with Crippen LogP contribution in [0.25, 0.3) is 11.1 Å². The lowest BCUT2D eigenvalue weighted by atomic mass is 9.92. The topological polar surface area (TPSA) is 86.5 Å². The zero-order valence-corrected chi connectivity index (χ0v) is 20.5. The zero-order chi connectivity index (χ0) is 25.2. The third-order valence-corrected chi connectivity index (χ3v) is 7.30. The Kier molecular flexibility index (Phi) is 7.04. The molecular weight excluding hydrogens is 466 g/mol. The number of aryl methyl sites for hydroxylation is 2. The highest BCUT2D eigenvalue weighted by molar-refractivity contribution is 6.09. The highest BCUT2D eigenvalue weighted by Gasteiger charge is 2.30. The number of aromatic nitrogens is 2. The number of anilines is 1. The second-order valence-electron chi connectivity index (χ2n) is 9.69. The molecule has 192 valence electrons. The number of benzene rings is 1. The van der Waals surface area contributed by atoms with Crippen molar-refractivity contribution < 1.29 is 18.3 Å². The van der Waals surface area contributed by atoms with Crippen LogP contribution in [0, 0.1) is 5.41 Å². The quantitative estimate of drug-likeness (QED) is 0.361. The number of nitrogens with one attached hydrogen (secondary N) is 2. The van der Waals surface area contributed by atoms with Crippen molar-refractivity contribution in [3.05, 3.63) is 46.9 Å². The molecule has 1 aromatic heterocycles. The van der Waals surface area contributed by atoms with Crippen molar-refractivity contribution in [3.63, 3.8) is 0 Å². The van der Waals surface area contributed by atoms with E-state index in [1.54, 1.807) is 35.1 Å². The van der Waals surface area contributed by atoms with Crippen LogP contribution in [0.1, 0.15) is 43.2 Å². The molecule has 4 heterocycles. The number of alkyl halides is 2. The van der Waals surface area contributed by atoms with Gasteiger partial charge in [-0.1, -0.05) is 0 Å². The molecule has 1 fully saturated rings. The molecule has 8 nitrogen and oxygen atoms in total. The number of hydrogen-bond donors (Lipinski definition) is 2. The van der Waals surface area contributed by atoms with Gasteiger partial charge in [-0.25, -0.2) is 8.78 Å². The first-order valence-electron chi connectivity index (χ1n) is 12.5. The smallest absolute Gasteiger partial charge is 0.264 e. The van der Waals surface area contributed by atoms with Gasteiger partial charge in [-0.3, -0.25) is 14.9 Å². The average Bonchev–Trinajstić information content (AvgIpc) is 3.34. The SMILES string of the molecule is Cn1cc(-c2cc3c(cc2C(F)F)N(C(=N)C2=C(NC4CCOCC4)CCN(C=O)C2)CCC3)cn1. The summed E-state index contributed by atoms with van der Waals surface area (Å²) in [6.45, 7) is 2.89. The number of amidine groups is 1. The lowest BCUT2D eigenvalue weighted by molar-refractivity contribution is -0.117. The Morgan fingerprint density at radius 3 is 2.75 bits per heavy atom. The van der Waals surface area contributed by atoms with Crippen LogP contribution in [-0.2, 0) is 23.0 Å². The summed E-state index contributed by atoms with van der Waals surface area (Å²) in [4.78, 5) is 15.1. The largest absolute Gasteiger partial charge is 0.385 e. The van der Waals surface area contributed by atoms with Gasteiger partial charge in [0, 0.05) is 80.1 Å². The minimum absolute atomic E-state index is 0.0610. The molecule has 0 spiro atoms. The van der Waals surface area contributed by atoms with Gasteiger partial charge in [-0.15, -0.1) is 0 Å². The van der Waals surface area contributed by atoms with Gasteiger partial charge in [-0.2, -0.15) is 5.10 Å². The van der Waals surface area contributed by atoms with E-state index in [1.165, 1.54) is 0 Å². The minimum atomic E-state index is -2.66. The van der Waals surface area contributed by atoms with Crippen LogP contribution in [-0.4, -0.2) is 65.8 Å². The molecule has 2 aromatic rings. The van der Waals surface area contributed by atoms with Crippen LogP contribution in [0.4, 0.5) is 14.5 Å². The van der Waals surface area contributed by atoms with E-state index < -0.39 is 6.43 Å². The maximum atomic E-state index is 14.2. The molecule has 10 heteroatoms. The molecule has 36 heavy (non-hydrogen) atoms. The number of nitrogens with zero attached hydrogens (tertiary/aromatic N) is 4. The summed E-state index contributed by atoms with van der Waals surface area (Å²) in [6.07, 6.45) is 5.48. The van der Waals surface area contributed by atoms with Crippen LogP contribution < -0.4 is 10.2 Å². The number of ether oxygens (including phenoxy) is 1. The van der Waals surface area contributed by atoms with E-state index in [0.29, 0.717) is 56.1 Å². The van der Waals surface area contributed by atoms with Crippen LogP contribution in [0.3, 0.4) is 0 Å². The number of hydrogen-bond acceptors (Lipinski definition) is 5. The molecular formula is C26H32F2N6O2. The molecule has 1 aromatic carbocycles. The lowest BCUT2D eigenvalue weighted by Crippen LogP contribution is -2.45. The Balaban J connectivity index is 1.51. The highest BCUT2D eigenvalue weighted by Crippen LogP contribution is 2.39. The van der Waals surface area contributed by atoms with E-state index in [2.05, 4.69) is 10.4 Å². The van der Waals surface area contributed by atoms with E-state index >= 15 is 0 Å². The van der Waals surface area contributed by atoms with Crippen molar-refractivity contribution in [2.45, 2.75) is 44.6 Å². The first-order chi connectivity index (χ1) is 17.4. The number of fused-ring (bicyclic) bond motifs is 1. The molecule has 0 bridgehead atoms. The second-order valence-corrected chi connectivity index (χ2v) is 9.69. The van der Waals surface area contributed by atoms with Crippen LogP contribution >= 0.6 is 0 Å². The van der Waals surface area contributed by atoms with Gasteiger partial charge in [0.2, 0.25) is 6.41 Å². The minimum Gasteiger partial charge on any atom is -0.385 e. The fourth-order valence-corrected chi connectivity index (χ4v) is 5.37. The van der Waals surface area contributed by atoms with Crippen molar-refractivity contribution in [2.75, 3.05) is 37.7 Å². The van der Waals surface area contributed by atoms with Gasteiger partial charge in [-0.05, 0) is 48.9 Å². The maximum Gasteiger partial charge on any atom is 0.264 e. The number of amides is 1. The van der Waals surface area contributed by atoms with E-state index in [4.69, 9.17) is 4.74 Å². The molecule has 1 amide bonds. The molecule has 5 rings (SSSR count). The van der Waals surface area contributed by atoms with Crippen LogP contribution in [0.15, 0.2) is 35.8 Å². The Labute approximate surface area is 209 Å². The van der Waals surface area contributed by atoms with E-state index in [9.17, 15) is 19.0 Å². The van der Waals surface area contributed by atoms with E-state index in [1.807, 2.05) is 11.0 Å². The van der Waals surface area contributed by atoms with Gasteiger partial charge < -0.3 is 19.9 Å². The molecule has 0 unspecified atom stereocenters. The maximum absolute atomic E-state index is 14.2. The van der Waals surface area contributed by atoms with Crippen LogP contribution in [0.2, 0.25) is 0 Å². The fourth-order valence-electron chi connectivity index (χ4n) is 5.37. The van der Waals surface area contributed by atoms with Crippen molar-refractivity contribution in [3.8, 4) is 11.1 Å². The lowest BCUT2D eigenvalue weighted by Gasteiger charge is -2.37. The molecule has 0 atom stereocenters. The first-order valence-corrected chi connectivity index (χ1v) is 12.5. The third-order valence-electron chi connectivity index (χ3n) is 7.30. The van der Waals surface area contributed by atoms with Crippen molar-refractivity contribution >= 4 is 17.9 Å². The second kappa shape index (κ2) is 10.4. The van der Waals surface area contributed by atoms with Crippen LogP contribution in [0.5, 0.6) is 0 Å². The Morgan fingerprint density at radius 1 is 1.25 bits per heavy atom. The summed E-state index contributed by atoms with van der Waals surface area (Å²) in [5, 5.41) is 17.0. The summed E-state index contributed by atoms with van der Waals surface area (Å²) >= 11 is 0. The van der Waals surface area contributed by atoms with E-state index in [0.717, 1.165) is 48.9 Å². The standard InChI is InChI=1S/C26H32F2N6O2/c1-32-14-18(13-30-32)20-11-17-3-2-7-34(24(17)12-21(20)25(27)28)26(29)22-15-33(16-35)8-4-23(22)31-19-5-9-36-10-6-19/h11-14,16,19,25,29,31H,2-10,15H2,1H3. The molecule has 0 saturated carbocycles. The van der Waals surface area contributed by atoms with Crippen molar-refractivity contribution in [1.82, 2.24) is 20.0 Å². The number of carbonyl (C=O) groups is 1. The van der Waals surface area contributed by atoms with Gasteiger partial charge in [0.15, 0.2) is 0 Å². The predicted octanol–water partition coefficient (Wildman–Crippen LogP) is 3.64.